The van der Waals surface area contributed by atoms with Crippen LogP contribution < -0.4 is 14.2 Å². The van der Waals surface area contributed by atoms with Crippen LogP contribution in [-0.2, 0) is 9.59 Å². The van der Waals surface area contributed by atoms with Crippen molar-refractivity contribution in [3.63, 3.8) is 0 Å². The topological polar surface area (TPSA) is 136 Å². The number of esters is 2. The van der Waals surface area contributed by atoms with Gasteiger partial charge in [0.15, 0.2) is 0 Å². The van der Waals surface area contributed by atoms with Gasteiger partial charge >= 0.3 is 23.9 Å². The van der Waals surface area contributed by atoms with E-state index < -0.39 is 17.9 Å². The zero-order valence-electron chi connectivity index (χ0n) is 17.7. The molecule has 0 atom stereocenters. The van der Waals surface area contributed by atoms with Crippen molar-refractivity contribution in [1.82, 2.24) is 0 Å². The van der Waals surface area contributed by atoms with Gasteiger partial charge in [0, 0.05) is 13.8 Å². The molecule has 33 heavy (non-hydrogen) atoms. The summed E-state index contributed by atoms with van der Waals surface area (Å²) in [5, 5.41) is 17.3. The molecule has 170 valence electrons. The smallest absolute Gasteiger partial charge is 0.335 e. The standard InChI is InChI=1S/C15H12O5.C9H8O4/c1-10(16)19-12-6-8-14(9-7-12)20-13-4-2-11(3-5-13)15(17)18;1-6(10)13-8-4-2-7(3-5-8)9(11)12/h2-9H,1H3,(H,17,18);2-5H,1H3,(H,11,12). The number of rotatable bonds is 6. The fourth-order valence-electron chi connectivity index (χ4n) is 2.37. The quantitative estimate of drug-likeness (QED) is 0.411. The van der Waals surface area contributed by atoms with Crippen LogP contribution in [0.25, 0.3) is 0 Å². The summed E-state index contributed by atoms with van der Waals surface area (Å²) in [6, 6.07) is 18.2. The molecule has 0 aromatic heterocycles. The van der Waals surface area contributed by atoms with Gasteiger partial charge in [-0.2, -0.15) is 0 Å². The Labute approximate surface area is 188 Å². The monoisotopic (exact) mass is 452 g/mol. The molecule has 0 amide bonds. The number of benzene rings is 3. The van der Waals surface area contributed by atoms with E-state index in [4.69, 9.17) is 24.4 Å². The van der Waals surface area contributed by atoms with Crippen LogP contribution in [0.3, 0.4) is 0 Å². The fraction of sp³-hybridized carbons (Fsp3) is 0.0833. The average molecular weight is 452 g/mol. The molecule has 0 unspecified atom stereocenters. The Morgan fingerprint density at radius 1 is 0.515 bits per heavy atom. The molecule has 0 spiro atoms. The second kappa shape index (κ2) is 11.7. The van der Waals surface area contributed by atoms with E-state index in [0.29, 0.717) is 23.0 Å². The molecule has 3 rings (SSSR count). The second-order valence-electron chi connectivity index (χ2n) is 6.42. The van der Waals surface area contributed by atoms with Gasteiger partial charge in [-0.15, -0.1) is 0 Å². The number of carboxylic acid groups (broad SMARTS) is 2. The maximum Gasteiger partial charge on any atom is 0.335 e. The number of carbonyl (C=O) groups is 4. The van der Waals surface area contributed by atoms with Crippen LogP contribution in [0.4, 0.5) is 0 Å². The van der Waals surface area contributed by atoms with Gasteiger partial charge < -0.3 is 24.4 Å². The van der Waals surface area contributed by atoms with Gasteiger partial charge in [0.25, 0.3) is 0 Å². The van der Waals surface area contributed by atoms with E-state index >= 15 is 0 Å². The molecule has 3 aromatic carbocycles. The zero-order chi connectivity index (χ0) is 24.4. The molecule has 0 fully saturated rings. The lowest BCUT2D eigenvalue weighted by atomic mass is 10.2. The molecule has 0 saturated heterocycles. The van der Waals surface area contributed by atoms with E-state index in [1.54, 1.807) is 36.4 Å². The summed E-state index contributed by atoms with van der Waals surface area (Å²) in [6.07, 6.45) is 0. The molecule has 0 saturated carbocycles. The van der Waals surface area contributed by atoms with Crippen LogP contribution >= 0.6 is 0 Å². The maximum atomic E-state index is 10.8. The largest absolute Gasteiger partial charge is 0.478 e. The second-order valence-corrected chi connectivity index (χ2v) is 6.42. The molecular formula is C24H20O9. The minimum atomic E-state index is -1.01. The molecule has 0 aliphatic rings. The van der Waals surface area contributed by atoms with Gasteiger partial charge in [0.2, 0.25) is 0 Å². The summed E-state index contributed by atoms with van der Waals surface area (Å²) < 4.78 is 15.2. The first kappa shape index (κ1) is 24.6. The lowest BCUT2D eigenvalue weighted by Crippen LogP contribution is -2.02. The number of carboxylic acids is 2. The van der Waals surface area contributed by atoms with Crippen molar-refractivity contribution in [2.24, 2.45) is 0 Å². The van der Waals surface area contributed by atoms with Crippen LogP contribution in [-0.4, -0.2) is 34.1 Å². The SMILES string of the molecule is CC(=O)Oc1ccc(C(=O)O)cc1.CC(=O)Oc1ccc(Oc2ccc(C(=O)O)cc2)cc1. The highest BCUT2D eigenvalue weighted by Gasteiger charge is 2.04. The summed E-state index contributed by atoms with van der Waals surface area (Å²) in [5.74, 6) is -0.939. The normalized spacial score (nSPS) is 9.64. The van der Waals surface area contributed by atoms with Gasteiger partial charge in [-0.1, -0.05) is 0 Å². The molecule has 0 heterocycles. The maximum absolute atomic E-state index is 10.8. The predicted octanol–water partition coefficient (Wildman–Crippen LogP) is 4.41. The molecule has 0 bridgehead atoms. The molecule has 9 heteroatoms. The van der Waals surface area contributed by atoms with Crippen molar-refractivity contribution in [2.75, 3.05) is 0 Å². The number of aromatic carboxylic acids is 2. The van der Waals surface area contributed by atoms with E-state index in [2.05, 4.69) is 0 Å². The number of hydrogen-bond acceptors (Lipinski definition) is 7. The van der Waals surface area contributed by atoms with Gasteiger partial charge in [0.05, 0.1) is 11.1 Å². The summed E-state index contributed by atoms with van der Waals surface area (Å²) in [6.45, 7) is 2.61. The van der Waals surface area contributed by atoms with Gasteiger partial charge in [-0.25, -0.2) is 9.59 Å². The Hall–Kier alpha value is -4.66. The number of carbonyl (C=O) groups excluding carboxylic acids is 2. The molecule has 0 radical (unpaired) electrons. The average Bonchev–Trinajstić information content (AvgIpc) is 2.75. The molecule has 0 aliphatic heterocycles. The third-order valence-electron chi connectivity index (χ3n) is 3.79. The molecular weight excluding hydrogens is 432 g/mol. The van der Waals surface area contributed by atoms with Gasteiger partial charge in [-0.3, -0.25) is 9.59 Å². The van der Waals surface area contributed by atoms with E-state index in [9.17, 15) is 19.2 Å². The van der Waals surface area contributed by atoms with Crippen LogP contribution in [0.2, 0.25) is 0 Å². The summed E-state index contributed by atoms with van der Waals surface area (Å²) >= 11 is 0. The van der Waals surface area contributed by atoms with E-state index in [1.807, 2.05) is 0 Å². The molecule has 3 aromatic rings. The Morgan fingerprint density at radius 2 is 0.788 bits per heavy atom. The fourth-order valence-corrected chi connectivity index (χ4v) is 2.37. The van der Waals surface area contributed by atoms with Crippen molar-refractivity contribution in [3.05, 3.63) is 83.9 Å². The lowest BCUT2D eigenvalue weighted by Gasteiger charge is -2.07. The minimum Gasteiger partial charge on any atom is -0.478 e. The van der Waals surface area contributed by atoms with Crippen molar-refractivity contribution in [3.8, 4) is 23.0 Å². The van der Waals surface area contributed by atoms with Crippen LogP contribution in [0.5, 0.6) is 23.0 Å². The first-order valence-electron chi connectivity index (χ1n) is 9.45. The van der Waals surface area contributed by atoms with Gasteiger partial charge in [0.1, 0.15) is 23.0 Å². The highest BCUT2D eigenvalue weighted by Crippen LogP contribution is 2.24. The van der Waals surface area contributed by atoms with Crippen molar-refractivity contribution in [1.29, 1.82) is 0 Å². The van der Waals surface area contributed by atoms with Crippen LogP contribution in [0.1, 0.15) is 34.6 Å². The van der Waals surface area contributed by atoms with E-state index in [1.165, 1.54) is 50.2 Å². The van der Waals surface area contributed by atoms with Crippen molar-refractivity contribution >= 4 is 23.9 Å². The summed E-state index contributed by atoms with van der Waals surface area (Å²) in [4.78, 5) is 42.4. The highest BCUT2D eigenvalue weighted by atomic mass is 16.5. The summed E-state index contributed by atoms with van der Waals surface area (Å²) in [5.41, 5.74) is 0.360. The van der Waals surface area contributed by atoms with Crippen LogP contribution in [0, 0.1) is 0 Å². The van der Waals surface area contributed by atoms with Crippen LogP contribution in [0.15, 0.2) is 72.8 Å². The Balaban J connectivity index is 0.000000257. The first-order chi connectivity index (χ1) is 15.6. The predicted molar refractivity (Wildman–Crippen MR) is 116 cm³/mol. The Kier molecular flexibility index (Phi) is 8.69. The number of ether oxygens (including phenoxy) is 3. The van der Waals surface area contributed by atoms with Crippen molar-refractivity contribution in [2.45, 2.75) is 13.8 Å². The van der Waals surface area contributed by atoms with E-state index in [-0.39, 0.29) is 17.1 Å². The molecule has 2 N–H and O–H groups in total. The third-order valence-corrected chi connectivity index (χ3v) is 3.79. The highest BCUT2D eigenvalue weighted by molar-refractivity contribution is 5.88. The molecule has 0 aliphatic carbocycles. The first-order valence-corrected chi connectivity index (χ1v) is 9.45. The third kappa shape index (κ3) is 8.54. The van der Waals surface area contributed by atoms with Crippen molar-refractivity contribution < 1.29 is 43.6 Å². The van der Waals surface area contributed by atoms with E-state index in [0.717, 1.165) is 0 Å². The number of hydrogen-bond donors (Lipinski definition) is 2. The lowest BCUT2D eigenvalue weighted by molar-refractivity contribution is -0.132. The Morgan fingerprint density at radius 3 is 1.09 bits per heavy atom. The zero-order valence-corrected chi connectivity index (χ0v) is 17.7. The summed E-state index contributed by atoms with van der Waals surface area (Å²) in [7, 11) is 0. The van der Waals surface area contributed by atoms with Gasteiger partial charge in [-0.05, 0) is 72.8 Å². The molecule has 9 nitrogen and oxygen atoms in total. The Bertz CT molecular complexity index is 1120. The minimum absolute atomic E-state index is 0.163.